The average Bonchev–Trinajstić information content (AvgIpc) is 2.87. The highest BCUT2D eigenvalue weighted by Crippen LogP contribution is 2.25. The van der Waals surface area contributed by atoms with Gasteiger partial charge in [0.25, 0.3) is 0 Å². The second-order valence-electron chi connectivity index (χ2n) is 3.87. The molecule has 0 amide bonds. The SMILES string of the molecule is CCn1cc(CC(O)c2ccc(C)s2)cn1. The Kier molecular flexibility index (Phi) is 3.41. The summed E-state index contributed by atoms with van der Waals surface area (Å²) in [6.07, 6.45) is 4.05. The van der Waals surface area contributed by atoms with Gasteiger partial charge in [-0.05, 0) is 31.5 Å². The Morgan fingerprint density at radius 1 is 1.50 bits per heavy atom. The van der Waals surface area contributed by atoms with E-state index in [1.165, 1.54) is 4.88 Å². The summed E-state index contributed by atoms with van der Waals surface area (Å²) in [6, 6.07) is 4.04. The number of thiophene rings is 1. The molecular formula is C12H16N2OS. The standard InChI is InChI=1S/C12H16N2OS/c1-3-14-8-10(7-13-14)6-11(15)12-5-4-9(2)16-12/h4-5,7-8,11,15H,3,6H2,1-2H3. The number of aliphatic hydroxyl groups is 1. The summed E-state index contributed by atoms with van der Waals surface area (Å²) in [7, 11) is 0. The first-order valence-electron chi connectivity index (χ1n) is 5.44. The van der Waals surface area contributed by atoms with Crippen LogP contribution in [0.15, 0.2) is 24.5 Å². The molecule has 16 heavy (non-hydrogen) atoms. The van der Waals surface area contributed by atoms with Crippen LogP contribution in [0.25, 0.3) is 0 Å². The van der Waals surface area contributed by atoms with Gasteiger partial charge in [-0.2, -0.15) is 5.10 Å². The molecule has 4 heteroatoms. The predicted octanol–water partition coefficient (Wildman–Crippen LogP) is 2.55. The van der Waals surface area contributed by atoms with E-state index in [1.807, 2.05) is 29.2 Å². The summed E-state index contributed by atoms with van der Waals surface area (Å²) in [5.41, 5.74) is 1.08. The van der Waals surface area contributed by atoms with Gasteiger partial charge in [0.1, 0.15) is 0 Å². The molecule has 2 aromatic rings. The lowest BCUT2D eigenvalue weighted by Crippen LogP contribution is -1.98. The smallest absolute Gasteiger partial charge is 0.0923 e. The Bertz CT molecular complexity index is 461. The minimum absolute atomic E-state index is 0.409. The van der Waals surface area contributed by atoms with Crippen LogP contribution in [0, 0.1) is 6.92 Å². The molecular weight excluding hydrogens is 220 g/mol. The van der Waals surface area contributed by atoms with Crippen LogP contribution in [0.3, 0.4) is 0 Å². The molecule has 1 atom stereocenters. The molecule has 86 valence electrons. The second kappa shape index (κ2) is 4.80. The van der Waals surface area contributed by atoms with Gasteiger partial charge in [-0.3, -0.25) is 4.68 Å². The molecule has 0 aliphatic carbocycles. The first-order chi connectivity index (χ1) is 7.69. The van der Waals surface area contributed by atoms with Gasteiger partial charge in [0.05, 0.1) is 12.3 Å². The van der Waals surface area contributed by atoms with Gasteiger partial charge in [-0.25, -0.2) is 0 Å². The number of hydrogen-bond acceptors (Lipinski definition) is 3. The zero-order chi connectivity index (χ0) is 11.5. The summed E-state index contributed by atoms with van der Waals surface area (Å²) in [4.78, 5) is 2.26. The van der Waals surface area contributed by atoms with Crippen LogP contribution in [0.5, 0.6) is 0 Å². The van der Waals surface area contributed by atoms with E-state index in [-0.39, 0.29) is 0 Å². The Hall–Kier alpha value is -1.13. The van der Waals surface area contributed by atoms with E-state index in [9.17, 15) is 5.11 Å². The van der Waals surface area contributed by atoms with Crippen molar-refractivity contribution in [3.63, 3.8) is 0 Å². The minimum atomic E-state index is -0.409. The van der Waals surface area contributed by atoms with Gasteiger partial charge in [0.15, 0.2) is 0 Å². The molecule has 0 saturated heterocycles. The average molecular weight is 236 g/mol. The highest BCUT2D eigenvalue weighted by atomic mass is 32.1. The van der Waals surface area contributed by atoms with Crippen LogP contribution in [0.1, 0.15) is 28.3 Å². The molecule has 0 bridgehead atoms. The molecule has 1 unspecified atom stereocenters. The molecule has 2 heterocycles. The highest BCUT2D eigenvalue weighted by Gasteiger charge is 2.11. The van der Waals surface area contributed by atoms with Crippen LogP contribution < -0.4 is 0 Å². The van der Waals surface area contributed by atoms with E-state index in [1.54, 1.807) is 11.3 Å². The Labute approximate surface area is 99.4 Å². The van der Waals surface area contributed by atoms with Crippen LogP contribution >= 0.6 is 11.3 Å². The molecule has 3 nitrogen and oxygen atoms in total. The van der Waals surface area contributed by atoms with E-state index in [2.05, 4.69) is 18.9 Å². The fourth-order valence-electron chi connectivity index (χ4n) is 1.64. The number of hydrogen-bond donors (Lipinski definition) is 1. The first-order valence-corrected chi connectivity index (χ1v) is 6.26. The Morgan fingerprint density at radius 3 is 2.88 bits per heavy atom. The first kappa shape index (κ1) is 11.4. The van der Waals surface area contributed by atoms with Gasteiger partial charge >= 0.3 is 0 Å². The third-order valence-electron chi connectivity index (χ3n) is 2.53. The van der Waals surface area contributed by atoms with Gasteiger partial charge < -0.3 is 5.11 Å². The maximum absolute atomic E-state index is 10.0. The number of aromatic nitrogens is 2. The van der Waals surface area contributed by atoms with Crippen molar-refractivity contribution < 1.29 is 5.11 Å². The molecule has 2 aromatic heterocycles. The van der Waals surface area contributed by atoms with Gasteiger partial charge in [-0.1, -0.05) is 0 Å². The van der Waals surface area contributed by atoms with Crippen molar-refractivity contribution in [2.75, 3.05) is 0 Å². The van der Waals surface area contributed by atoms with E-state index < -0.39 is 6.10 Å². The molecule has 2 rings (SSSR count). The molecule has 0 saturated carbocycles. The largest absolute Gasteiger partial charge is 0.387 e. The number of aliphatic hydroxyl groups excluding tert-OH is 1. The van der Waals surface area contributed by atoms with Gasteiger partial charge in [-0.15, -0.1) is 11.3 Å². The topological polar surface area (TPSA) is 38.0 Å². The Morgan fingerprint density at radius 2 is 2.31 bits per heavy atom. The predicted molar refractivity (Wildman–Crippen MR) is 65.6 cm³/mol. The Balaban J connectivity index is 2.04. The quantitative estimate of drug-likeness (QED) is 0.886. The van der Waals surface area contributed by atoms with Crippen molar-refractivity contribution >= 4 is 11.3 Å². The molecule has 0 aliphatic heterocycles. The lowest BCUT2D eigenvalue weighted by atomic mass is 10.1. The molecule has 0 aromatic carbocycles. The summed E-state index contributed by atoms with van der Waals surface area (Å²) in [5.74, 6) is 0. The summed E-state index contributed by atoms with van der Waals surface area (Å²) in [6.45, 7) is 4.97. The fraction of sp³-hybridized carbons (Fsp3) is 0.417. The van der Waals surface area contributed by atoms with Crippen LogP contribution in [0.4, 0.5) is 0 Å². The molecule has 0 aliphatic rings. The third kappa shape index (κ3) is 2.51. The van der Waals surface area contributed by atoms with Crippen molar-refractivity contribution in [3.05, 3.63) is 39.8 Å². The lowest BCUT2D eigenvalue weighted by molar-refractivity contribution is 0.182. The number of aryl methyl sites for hydroxylation is 2. The lowest BCUT2D eigenvalue weighted by Gasteiger charge is -2.05. The minimum Gasteiger partial charge on any atom is -0.387 e. The van der Waals surface area contributed by atoms with E-state index in [0.717, 1.165) is 17.0 Å². The van der Waals surface area contributed by atoms with Crippen molar-refractivity contribution in [2.24, 2.45) is 0 Å². The second-order valence-corrected chi connectivity index (χ2v) is 5.19. The van der Waals surface area contributed by atoms with Crippen molar-refractivity contribution in [1.29, 1.82) is 0 Å². The van der Waals surface area contributed by atoms with E-state index in [0.29, 0.717) is 6.42 Å². The van der Waals surface area contributed by atoms with Crippen LogP contribution in [0.2, 0.25) is 0 Å². The van der Waals surface area contributed by atoms with Crippen molar-refractivity contribution in [2.45, 2.75) is 32.9 Å². The summed E-state index contributed by atoms with van der Waals surface area (Å²) < 4.78 is 1.88. The van der Waals surface area contributed by atoms with Crippen molar-refractivity contribution in [1.82, 2.24) is 9.78 Å². The van der Waals surface area contributed by atoms with Crippen molar-refractivity contribution in [3.8, 4) is 0 Å². The van der Waals surface area contributed by atoms with Crippen LogP contribution in [-0.4, -0.2) is 14.9 Å². The fourth-order valence-corrected chi connectivity index (χ4v) is 2.50. The summed E-state index contributed by atoms with van der Waals surface area (Å²) in [5, 5.41) is 14.2. The van der Waals surface area contributed by atoms with E-state index >= 15 is 0 Å². The maximum Gasteiger partial charge on any atom is 0.0923 e. The number of rotatable bonds is 4. The van der Waals surface area contributed by atoms with E-state index in [4.69, 9.17) is 0 Å². The third-order valence-corrected chi connectivity index (χ3v) is 3.63. The van der Waals surface area contributed by atoms with Crippen LogP contribution in [-0.2, 0) is 13.0 Å². The highest BCUT2D eigenvalue weighted by molar-refractivity contribution is 7.12. The molecule has 0 radical (unpaired) electrons. The molecule has 1 N–H and O–H groups in total. The maximum atomic E-state index is 10.0. The monoisotopic (exact) mass is 236 g/mol. The van der Waals surface area contributed by atoms with Gasteiger partial charge in [0.2, 0.25) is 0 Å². The normalized spacial score (nSPS) is 12.9. The van der Waals surface area contributed by atoms with Gasteiger partial charge in [0, 0.05) is 28.9 Å². The summed E-state index contributed by atoms with van der Waals surface area (Å²) >= 11 is 1.65. The number of nitrogens with zero attached hydrogens (tertiary/aromatic N) is 2. The zero-order valence-corrected chi connectivity index (χ0v) is 10.4. The molecule has 0 spiro atoms. The zero-order valence-electron chi connectivity index (χ0n) is 9.55. The molecule has 0 fully saturated rings.